The van der Waals surface area contributed by atoms with Gasteiger partial charge in [-0.2, -0.15) is 0 Å². The Morgan fingerprint density at radius 1 is 1.60 bits per heavy atom. The van der Waals surface area contributed by atoms with Crippen LogP contribution in [0.2, 0.25) is 0 Å². The first kappa shape index (κ1) is 14.2. The number of carboxylic acid groups (broad SMARTS) is 1. The Hall–Kier alpha value is -0.700. The minimum Gasteiger partial charge on any atom is -0.477 e. The van der Waals surface area contributed by atoms with Crippen molar-refractivity contribution in [2.24, 2.45) is 5.92 Å². The molecule has 2 fully saturated rings. The van der Waals surface area contributed by atoms with Crippen LogP contribution in [0.4, 0.5) is 0 Å². The molecule has 8 heteroatoms. The normalized spacial score (nSPS) is 34.2. The van der Waals surface area contributed by atoms with Crippen LogP contribution in [0.15, 0.2) is 9.93 Å². The van der Waals surface area contributed by atoms with E-state index in [-0.39, 0.29) is 17.0 Å². The SMILES string of the molecule is CC(O)C1C(=O)N2C(C(=O)O)=C(S[C@H]3CCNC3)SC12. The van der Waals surface area contributed by atoms with Gasteiger partial charge in [-0.25, -0.2) is 4.79 Å². The maximum absolute atomic E-state index is 12.0. The fraction of sp³-hybridized carbons (Fsp3) is 0.667. The van der Waals surface area contributed by atoms with E-state index in [2.05, 4.69) is 5.32 Å². The summed E-state index contributed by atoms with van der Waals surface area (Å²) >= 11 is 2.94. The zero-order valence-corrected chi connectivity index (χ0v) is 12.5. The average molecular weight is 316 g/mol. The molecule has 0 aromatic heterocycles. The smallest absolute Gasteiger partial charge is 0.354 e. The molecule has 0 aromatic carbocycles. The molecular weight excluding hydrogens is 300 g/mol. The fourth-order valence-corrected chi connectivity index (χ4v) is 6.00. The van der Waals surface area contributed by atoms with Gasteiger partial charge in [0.1, 0.15) is 5.37 Å². The van der Waals surface area contributed by atoms with Gasteiger partial charge in [0.05, 0.1) is 16.3 Å². The van der Waals surface area contributed by atoms with E-state index in [9.17, 15) is 19.8 Å². The largest absolute Gasteiger partial charge is 0.477 e. The minimum atomic E-state index is -1.06. The number of β-lactam (4-membered cyclic amide) rings is 1. The van der Waals surface area contributed by atoms with Crippen LogP contribution in [0.1, 0.15) is 13.3 Å². The van der Waals surface area contributed by atoms with Gasteiger partial charge >= 0.3 is 5.97 Å². The van der Waals surface area contributed by atoms with Crippen LogP contribution in [-0.4, -0.2) is 56.8 Å². The highest BCUT2D eigenvalue weighted by Crippen LogP contribution is 2.54. The van der Waals surface area contributed by atoms with Gasteiger partial charge in [-0.05, 0) is 19.9 Å². The Morgan fingerprint density at radius 2 is 2.35 bits per heavy atom. The first-order valence-electron chi connectivity index (χ1n) is 6.53. The number of carboxylic acids is 1. The molecule has 20 heavy (non-hydrogen) atoms. The van der Waals surface area contributed by atoms with Crippen LogP contribution < -0.4 is 5.32 Å². The number of carbonyl (C=O) groups excluding carboxylic acids is 1. The molecule has 4 atom stereocenters. The number of rotatable bonds is 4. The number of nitrogens with one attached hydrogen (secondary N) is 1. The number of carbonyl (C=O) groups is 2. The Morgan fingerprint density at radius 3 is 2.90 bits per heavy atom. The van der Waals surface area contributed by atoms with Crippen molar-refractivity contribution in [1.29, 1.82) is 0 Å². The van der Waals surface area contributed by atoms with E-state index >= 15 is 0 Å². The average Bonchev–Trinajstić information content (AvgIpc) is 2.95. The zero-order valence-electron chi connectivity index (χ0n) is 10.9. The van der Waals surface area contributed by atoms with Gasteiger partial charge in [0.15, 0.2) is 5.70 Å². The molecule has 1 amide bonds. The molecule has 3 rings (SSSR count). The van der Waals surface area contributed by atoms with Crippen molar-refractivity contribution in [3.63, 3.8) is 0 Å². The number of hydrogen-bond acceptors (Lipinski definition) is 6. The van der Waals surface area contributed by atoms with E-state index in [1.54, 1.807) is 6.92 Å². The predicted octanol–water partition coefficient (Wildman–Crippen LogP) is 0.247. The Bertz CT molecular complexity index is 488. The lowest BCUT2D eigenvalue weighted by Gasteiger charge is -2.43. The first-order valence-corrected chi connectivity index (χ1v) is 8.29. The summed E-state index contributed by atoms with van der Waals surface area (Å²) in [7, 11) is 0. The summed E-state index contributed by atoms with van der Waals surface area (Å²) in [6, 6.07) is 0. The highest BCUT2D eigenvalue weighted by atomic mass is 32.2. The number of hydrogen-bond donors (Lipinski definition) is 3. The second-order valence-corrected chi connectivity index (χ2v) is 7.85. The molecule has 0 aromatic rings. The summed E-state index contributed by atoms with van der Waals surface area (Å²) in [5.74, 6) is -1.84. The van der Waals surface area contributed by atoms with Crippen LogP contribution in [0.25, 0.3) is 0 Å². The van der Waals surface area contributed by atoms with Crippen LogP contribution in [0.3, 0.4) is 0 Å². The molecule has 3 heterocycles. The third kappa shape index (κ3) is 2.14. The molecule has 3 aliphatic heterocycles. The number of thioether (sulfide) groups is 2. The molecule has 110 valence electrons. The standard InChI is InChI=1S/C12H16N2O4S2/c1-5(15)7-9(16)14-8(11(17)18)12(20-10(7)14)19-6-2-3-13-4-6/h5-7,10,13,15H,2-4H2,1H3,(H,17,18)/t5?,6-,7?,10?/m0/s1. The van der Waals surface area contributed by atoms with Crippen molar-refractivity contribution in [2.45, 2.75) is 30.1 Å². The van der Waals surface area contributed by atoms with E-state index in [1.807, 2.05) is 0 Å². The summed E-state index contributed by atoms with van der Waals surface area (Å²) in [4.78, 5) is 24.8. The third-order valence-corrected chi connectivity index (χ3v) is 6.63. The van der Waals surface area contributed by atoms with E-state index < -0.39 is 18.0 Å². The van der Waals surface area contributed by atoms with Gasteiger partial charge in [0, 0.05) is 11.8 Å². The molecule has 2 saturated heterocycles. The molecule has 0 saturated carbocycles. The third-order valence-electron chi connectivity index (χ3n) is 3.76. The number of fused-ring (bicyclic) bond motifs is 1. The van der Waals surface area contributed by atoms with E-state index in [0.29, 0.717) is 9.49 Å². The van der Waals surface area contributed by atoms with Crippen LogP contribution in [0, 0.1) is 5.92 Å². The minimum absolute atomic E-state index is 0.0961. The molecule has 6 nitrogen and oxygen atoms in total. The van der Waals surface area contributed by atoms with Crippen LogP contribution in [0.5, 0.6) is 0 Å². The maximum Gasteiger partial charge on any atom is 0.354 e. The molecule has 3 aliphatic rings. The second-order valence-electron chi connectivity index (χ2n) is 5.16. The van der Waals surface area contributed by atoms with Crippen molar-refractivity contribution in [3.8, 4) is 0 Å². The Balaban J connectivity index is 1.81. The Labute approximate surface area is 125 Å². The highest BCUT2D eigenvalue weighted by Gasteiger charge is 2.57. The lowest BCUT2D eigenvalue weighted by molar-refractivity contribution is -0.156. The van der Waals surface area contributed by atoms with Gasteiger partial charge in [-0.1, -0.05) is 11.8 Å². The second kappa shape index (κ2) is 5.25. The summed E-state index contributed by atoms with van der Waals surface area (Å²) in [6.07, 6.45) is 0.254. The van der Waals surface area contributed by atoms with Gasteiger partial charge in [-0.3, -0.25) is 9.69 Å². The lowest BCUT2D eigenvalue weighted by atomic mass is 9.92. The number of amides is 1. The molecule has 0 bridgehead atoms. The van der Waals surface area contributed by atoms with Crippen molar-refractivity contribution in [1.82, 2.24) is 10.2 Å². The molecular formula is C12H16N2O4S2. The predicted molar refractivity (Wildman–Crippen MR) is 76.9 cm³/mol. The molecule has 0 spiro atoms. The number of nitrogens with zero attached hydrogens (tertiary/aromatic N) is 1. The summed E-state index contributed by atoms with van der Waals surface area (Å²) in [6.45, 7) is 3.38. The van der Waals surface area contributed by atoms with Crippen molar-refractivity contribution in [3.05, 3.63) is 9.93 Å². The fourth-order valence-electron chi connectivity index (χ4n) is 2.71. The van der Waals surface area contributed by atoms with Gasteiger partial charge in [0.2, 0.25) is 5.91 Å². The van der Waals surface area contributed by atoms with Crippen molar-refractivity contribution in [2.75, 3.05) is 13.1 Å². The zero-order chi connectivity index (χ0) is 14.4. The topological polar surface area (TPSA) is 89.9 Å². The van der Waals surface area contributed by atoms with Gasteiger partial charge < -0.3 is 15.5 Å². The van der Waals surface area contributed by atoms with Gasteiger partial charge in [-0.15, -0.1) is 11.8 Å². The highest BCUT2D eigenvalue weighted by molar-refractivity contribution is 8.23. The van der Waals surface area contributed by atoms with E-state index in [0.717, 1.165) is 19.5 Å². The van der Waals surface area contributed by atoms with Crippen molar-refractivity contribution < 1.29 is 19.8 Å². The Kier molecular flexibility index (Phi) is 3.74. The van der Waals surface area contributed by atoms with Gasteiger partial charge in [0.25, 0.3) is 0 Å². The molecule has 0 aliphatic carbocycles. The lowest BCUT2D eigenvalue weighted by Crippen LogP contribution is -2.60. The van der Waals surface area contributed by atoms with Crippen molar-refractivity contribution >= 4 is 35.4 Å². The molecule has 0 radical (unpaired) electrons. The maximum atomic E-state index is 12.0. The quantitative estimate of drug-likeness (QED) is 0.640. The number of aliphatic hydroxyl groups is 1. The van der Waals surface area contributed by atoms with E-state index in [4.69, 9.17) is 0 Å². The summed E-state index contributed by atoms with van der Waals surface area (Å²) < 4.78 is 0.702. The van der Waals surface area contributed by atoms with E-state index in [1.165, 1.54) is 28.4 Å². The first-order chi connectivity index (χ1) is 9.50. The summed E-state index contributed by atoms with van der Waals surface area (Å²) in [5.41, 5.74) is 0.0961. The molecule has 3 unspecified atom stereocenters. The number of aliphatic carboxylic acids is 1. The van der Waals surface area contributed by atoms with Crippen LogP contribution in [-0.2, 0) is 9.59 Å². The van der Waals surface area contributed by atoms with Crippen LogP contribution >= 0.6 is 23.5 Å². The number of aliphatic hydroxyl groups excluding tert-OH is 1. The monoisotopic (exact) mass is 316 g/mol. The summed E-state index contributed by atoms with van der Waals surface area (Å²) in [5, 5.41) is 22.3. The molecule has 3 N–H and O–H groups in total.